The number of aliphatic imine (C=N–C) groups is 1. The van der Waals surface area contributed by atoms with Crippen LogP contribution in [0.25, 0.3) is 0 Å². The molecule has 0 saturated heterocycles. The van der Waals surface area contributed by atoms with Crippen molar-refractivity contribution in [1.29, 1.82) is 5.41 Å². The molecule has 104 valence electrons. The van der Waals surface area contributed by atoms with Gasteiger partial charge in [-0.3, -0.25) is 10.4 Å². The van der Waals surface area contributed by atoms with Crippen molar-refractivity contribution in [2.24, 2.45) is 4.99 Å². The standard InChI is InChI=1S/C13H27N5/c1-7-13(8-2)18(9-3)17(6)12(5)16-10-15-11(4)14/h9-10,12-13H,3,7-8H2,1-2,4-6H3,(H2,14,15,16). The van der Waals surface area contributed by atoms with Gasteiger partial charge < -0.3 is 10.3 Å². The lowest BCUT2D eigenvalue weighted by Crippen LogP contribution is -2.46. The molecule has 0 rings (SSSR count). The molecule has 0 aliphatic heterocycles. The van der Waals surface area contributed by atoms with Gasteiger partial charge in [-0.1, -0.05) is 20.4 Å². The third-order valence-corrected chi connectivity index (χ3v) is 2.98. The van der Waals surface area contributed by atoms with Gasteiger partial charge in [0.2, 0.25) is 0 Å². The summed E-state index contributed by atoms with van der Waals surface area (Å²) in [4.78, 5) is 4.34. The molecule has 0 heterocycles. The second kappa shape index (κ2) is 8.69. The van der Waals surface area contributed by atoms with Crippen molar-refractivity contribution in [3.8, 4) is 0 Å². The van der Waals surface area contributed by atoms with Gasteiger partial charge in [0, 0.05) is 19.3 Å². The first kappa shape index (κ1) is 16.6. The molecule has 0 bridgehead atoms. The van der Waals surface area contributed by atoms with E-state index in [1.807, 2.05) is 20.2 Å². The summed E-state index contributed by atoms with van der Waals surface area (Å²) in [6, 6.07) is 0.447. The van der Waals surface area contributed by atoms with Gasteiger partial charge >= 0.3 is 0 Å². The van der Waals surface area contributed by atoms with Crippen LogP contribution in [-0.2, 0) is 0 Å². The first-order chi connectivity index (χ1) is 8.47. The highest BCUT2D eigenvalue weighted by atomic mass is 15.6. The van der Waals surface area contributed by atoms with E-state index in [1.54, 1.807) is 13.3 Å². The van der Waals surface area contributed by atoms with Crippen molar-refractivity contribution in [2.45, 2.75) is 52.7 Å². The lowest BCUT2D eigenvalue weighted by molar-refractivity contribution is -0.0218. The molecule has 1 unspecified atom stereocenters. The number of nitrogens with zero attached hydrogens (tertiary/aromatic N) is 3. The predicted molar refractivity (Wildman–Crippen MR) is 78.7 cm³/mol. The molecule has 18 heavy (non-hydrogen) atoms. The Morgan fingerprint density at radius 3 is 2.39 bits per heavy atom. The summed E-state index contributed by atoms with van der Waals surface area (Å²) in [5.74, 6) is 0.383. The van der Waals surface area contributed by atoms with Crippen LogP contribution in [0.3, 0.4) is 0 Å². The zero-order valence-corrected chi connectivity index (χ0v) is 12.3. The normalized spacial score (nSPS) is 13.1. The van der Waals surface area contributed by atoms with Crippen LogP contribution in [0, 0.1) is 5.41 Å². The van der Waals surface area contributed by atoms with Crippen LogP contribution in [0.4, 0.5) is 0 Å². The van der Waals surface area contributed by atoms with Crippen molar-refractivity contribution >= 4 is 12.2 Å². The van der Waals surface area contributed by atoms with Gasteiger partial charge in [-0.25, -0.2) is 5.01 Å². The number of nitrogens with one attached hydrogen (secondary N) is 2. The zero-order chi connectivity index (χ0) is 14.1. The number of hydrogen-bond donors (Lipinski definition) is 2. The Morgan fingerprint density at radius 2 is 2.00 bits per heavy atom. The van der Waals surface area contributed by atoms with Crippen LogP contribution >= 0.6 is 0 Å². The van der Waals surface area contributed by atoms with E-state index in [-0.39, 0.29) is 6.17 Å². The quantitative estimate of drug-likeness (QED) is 0.397. The molecule has 1 atom stereocenters. The highest BCUT2D eigenvalue weighted by molar-refractivity contribution is 5.87. The van der Waals surface area contributed by atoms with Gasteiger partial charge in [-0.15, -0.1) is 0 Å². The summed E-state index contributed by atoms with van der Waals surface area (Å²) in [6.07, 6.45) is 5.55. The monoisotopic (exact) mass is 253 g/mol. The van der Waals surface area contributed by atoms with Gasteiger partial charge in [0.25, 0.3) is 0 Å². The molecule has 5 heteroatoms. The second-order valence-corrected chi connectivity index (χ2v) is 4.29. The largest absolute Gasteiger partial charge is 0.336 e. The molecule has 0 spiro atoms. The molecular weight excluding hydrogens is 226 g/mol. The van der Waals surface area contributed by atoms with Crippen LogP contribution in [-0.4, -0.2) is 41.4 Å². The van der Waals surface area contributed by atoms with Gasteiger partial charge in [-0.05, 0) is 26.7 Å². The van der Waals surface area contributed by atoms with Crippen LogP contribution in [0.1, 0.15) is 40.5 Å². The SMILES string of the molecule is C=CN(C(CC)CC)N(C)C(C)N=CNC(C)=N. The topological polar surface area (TPSA) is 54.7 Å². The van der Waals surface area contributed by atoms with E-state index >= 15 is 0 Å². The van der Waals surface area contributed by atoms with Crippen molar-refractivity contribution < 1.29 is 0 Å². The Hall–Kier alpha value is -1.36. The number of amidine groups is 1. The third kappa shape index (κ3) is 5.31. The van der Waals surface area contributed by atoms with E-state index in [2.05, 4.69) is 40.8 Å². The predicted octanol–water partition coefficient (Wildman–Crippen LogP) is 2.43. The Labute approximate surface area is 111 Å². The molecule has 0 saturated carbocycles. The molecule has 0 fully saturated rings. The Kier molecular flexibility index (Phi) is 8.03. The van der Waals surface area contributed by atoms with Gasteiger partial charge in [-0.2, -0.15) is 0 Å². The van der Waals surface area contributed by atoms with Gasteiger partial charge in [0.05, 0.1) is 12.2 Å². The Morgan fingerprint density at radius 1 is 1.44 bits per heavy atom. The zero-order valence-electron chi connectivity index (χ0n) is 12.3. The maximum atomic E-state index is 7.25. The molecule has 2 N–H and O–H groups in total. The first-order valence-corrected chi connectivity index (χ1v) is 6.44. The summed E-state index contributed by atoms with van der Waals surface area (Å²) in [5.41, 5.74) is 0. The fraction of sp³-hybridized carbons (Fsp3) is 0.692. The van der Waals surface area contributed by atoms with E-state index in [0.29, 0.717) is 11.9 Å². The number of hydrazine groups is 1. The highest BCUT2D eigenvalue weighted by Crippen LogP contribution is 2.13. The van der Waals surface area contributed by atoms with Crippen LogP contribution in [0.15, 0.2) is 17.8 Å². The van der Waals surface area contributed by atoms with Gasteiger partial charge in [0.1, 0.15) is 6.17 Å². The first-order valence-electron chi connectivity index (χ1n) is 6.44. The Balaban J connectivity index is 4.57. The van der Waals surface area contributed by atoms with E-state index in [9.17, 15) is 0 Å². The molecule has 0 aromatic heterocycles. The lowest BCUT2D eigenvalue weighted by Gasteiger charge is -2.38. The minimum atomic E-state index is -0.00421. The minimum absolute atomic E-state index is 0.00421. The molecule has 0 radical (unpaired) electrons. The third-order valence-electron chi connectivity index (χ3n) is 2.98. The second-order valence-electron chi connectivity index (χ2n) is 4.29. The molecule has 0 aliphatic carbocycles. The van der Waals surface area contributed by atoms with Crippen molar-refractivity contribution in [2.75, 3.05) is 7.05 Å². The van der Waals surface area contributed by atoms with E-state index in [4.69, 9.17) is 5.41 Å². The average Bonchev–Trinajstić information content (AvgIpc) is 2.34. The number of rotatable bonds is 8. The van der Waals surface area contributed by atoms with Gasteiger partial charge in [0.15, 0.2) is 0 Å². The van der Waals surface area contributed by atoms with Crippen LogP contribution in [0.2, 0.25) is 0 Å². The summed E-state index contributed by atoms with van der Waals surface area (Å²) >= 11 is 0. The van der Waals surface area contributed by atoms with Crippen molar-refractivity contribution in [1.82, 2.24) is 15.3 Å². The van der Waals surface area contributed by atoms with Crippen LogP contribution < -0.4 is 5.32 Å². The molecular formula is C13H27N5. The molecule has 0 aliphatic rings. The molecule has 0 amide bonds. The average molecular weight is 253 g/mol. The summed E-state index contributed by atoms with van der Waals surface area (Å²) < 4.78 is 0. The molecule has 0 aromatic rings. The van der Waals surface area contributed by atoms with Crippen molar-refractivity contribution in [3.05, 3.63) is 12.8 Å². The summed E-state index contributed by atoms with van der Waals surface area (Å²) in [6.45, 7) is 11.9. The smallest absolute Gasteiger partial charge is 0.118 e. The Bertz CT molecular complexity index is 283. The van der Waals surface area contributed by atoms with E-state index in [1.165, 1.54) is 0 Å². The molecule has 5 nitrogen and oxygen atoms in total. The summed E-state index contributed by atoms with van der Waals surface area (Å²) in [7, 11) is 2.00. The number of hydrogen-bond acceptors (Lipinski definition) is 4. The van der Waals surface area contributed by atoms with Crippen molar-refractivity contribution in [3.63, 3.8) is 0 Å². The fourth-order valence-electron chi connectivity index (χ4n) is 1.73. The molecule has 0 aromatic carbocycles. The summed E-state index contributed by atoms with van der Waals surface area (Å²) in [5, 5.41) is 14.2. The lowest BCUT2D eigenvalue weighted by atomic mass is 10.1. The van der Waals surface area contributed by atoms with E-state index < -0.39 is 0 Å². The maximum Gasteiger partial charge on any atom is 0.118 e. The highest BCUT2D eigenvalue weighted by Gasteiger charge is 2.18. The fourth-order valence-corrected chi connectivity index (χ4v) is 1.73. The maximum absolute atomic E-state index is 7.25. The van der Waals surface area contributed by atoms with Crippen LogP contribution in [0.5, 0.6) is 0 Å². The van der Waals surface area contributed by atoms with E-state index in [0.717, 1.165) is 12.8 Å². The minimum Gasteiger partial charge on any atom is -0.336 e.